The van der Waals surface area contributed by atoms with Crippen molar-refractivity contribution in [2.75, 3.05) is 19.6 Å². The number of hydrogen-bond donors (Lipinski definition) is 0. The molecule has 1 aromatic carbocycles. The molecule has 4 rings (SSSR count). The Balaban J connectivity index is 1.51. The lowest BCUT2D eigenvalue weighted by atomic mass is 10.00. The van der Waals surface area contributed by atoms with Crippen LogP contribution in [0.3, 0.4) is 0 Å². The van der Waals surface area contributed by atoms with Crippen LogP contribution in [0.2, 0.25) is 0 Å². The third kappa shape index (κ3) is 3.40. The highest BCUT2D eigenvalue weighted by molar-refractivity contribution is 5.81. The van der Waals surface area contributed by atoms with Crippen LogP contribution in [0.4, 0.5) is 0 Å². The van der Waals surface area contributed by atoms with E-state index in [1.54, 1.807) is 0 Å². The summed E-state index contributed by atoms with van der Waals surface area (Å²) < 4.78 is 5.59. The van der Waals surface area contributed by atoms with Crippen LogP contribution in [0.25, 0.3) is 11.3 Å². The van der Waals surface area contributed by atoms with E-state index in [4.69, 9.17) is 4.52 Å². The Morgan fingerprint density at radius 3 is 2.54 bits per heavy atom. The Kier molecular flexibility index (Phi) is 5.07. The highest BCUT2D eigenvalue weighted by Gasteiger charge is 2.32. The maximum Gasteiger partial charge on any atom is 0.239 e. The van der Waals surface area contributed by atoms with Crippen molar-refractivity contribution in [1.29, 1.82) is 0 Å². The van der Waals surface area contributed by atoms with Crippen molar-refractivity contribution in [2.24, 2.45) is 0 Å². The molecule has 1 amide bonds. The Morgan fingerprint density at radius 1 is 1.08 bits per heavy atom. The van der Waals surface area contributed by atoms with Gasteiger partial charge in [-0.25, -0.2) is 0 Å². The summed E-state index contributed by atoms with van der Waals surface area (Å²) in [6.07, 6.45) is 5.56. The predicted molar refractivity (Wildman–Crippen MR) is 101 cm³/mol. The van der Waals surface area contributed by atoms with Crippen LogP contribution in [0, 0.1) is 0 Å². The van der Waals surface area contributed by atoms with E-state index in [0.717, 1.165) is 68.0 Å². The van der Waals surface area contributed by atoms with E-state index in [2.05, 4.69) is 27.1 Å². The number of fused-ring (bicyclic) bond motifs is 1. The molecule has 0 bridgehead atoms. The van der Waals surface area contributed by atoms with Crippen LogP contribution in [0.5, 0.6) is 0 Å². The second kappa shape index (κ2) is 7.62. The number of aromatic nitrogens is 1. The summed E-state index contributed by atoms with van der Waals surface area (Å²) >= 11 is 0. The molecule has 0 radical (unpaired) electrons. The molecule has 0 spiro atoms. The topological polar surface area (TPSA) is 49.6 Å². The molecule has 0 unspecified atom stereocenters. The smallest absolute Gasteiger partial charge is 0.239 e. The zero-order valence-corrected chi connectivity index (χ0v) is 15.5. The van der Waals surface area contributed by atoms with E-state index in [1.165, 1.54) is 12.8 Å². The first-order valence-electron chi connectivity index (χ1n) is 9.79. The van der Waals surface area contributed by atoms with Gasteiger partial charge < -0.3 is 9.42 Å². The van der Waals surface area contributed by atoms with E-state index in [-0.39, 0.29) is 11.9 Å². The minimum atomic E-state index is -0.0974. The average molecular weight is 353 g/mol. The fraction of sp³-hybridized carbons (Fsp3) is 0.524. The molecular formula is C21H27N3O2. The predicted octanol–water partition coefficient (Wildman–Crippen LogP) is 3.49. The lowest BCUT2D eigenvalue weighted by Crippen LogP contribution is -2.48. The zero-order chi connectivity index (χ0) is 17.9. The molecule has 3 heterocycles. The third-order valence-corrected chi connectivity index (χ3v) is 5.73. The first-order valence-corrected chi connectivity index (χ1v) is 9.79. The van der Waals surface area contributed by atoms with Crippen LogP contribution in [-0.2, 0) is 17.8 Å². The summed E-state index contributed by atoms with van der Waals surface area (Å²) in [5.41, 5.74) is 3.13. The first-order chi connectivity index (χ1) is 12.7. The fourth-order valence-corrected chi connectivity index (χ4v) is 4.09. The molecule has 2 aliphatic rings. The number of hydrogen-bond acceptors (Lipinski definition) is 4. The van der Waals surface area contributed by atoms with Crippen molar-refractivity contribution in [3.8, 4) is 11.3 Å². The number of nitrogens with zero attached hydrogens (tertiary/aromatic N) is 3. The Hall–Kier alpha value is -2.14. The molecule has 1 saturated heterocycles. The van der Waals surface area contributed by atoms with Crippen LogP contribution >= 0.6 is 0 Å². The molecular weight excluding hydrogens is 326 g/mol. The van der Waals surface area contributed by atoms with Gasteiger partial charge in [-0.2, -0.15) is 0 Å². The summed E-state index contributed by atoms with van der Waals surface area (Å²) in [6, 6.07) is 10.1. The molecule has 1 fully saturated rings. The monoisotopic (exact) mass is 353 g/mol. The van der Waals surface area contributed by atoms with Crippen molar-refractivity contribution < 1.29 is 9.32 Å². The fourth-order valence-electron chi connectivity index (χ4n) is 4.09. The quantitative estimate of drug-likeness (QED) is 0.847. The van der Waals surface area contributed by atoms with Gasteiger partial charge in [0.05, 0.1) is 6.04 Å². The molecule has 0 N–H and O–H groups in total. The van der Waals surface area contributed by atoms with E-state index >= 15 is 0 Å². The second-order valence-electron chi connectivity index (χ2n) is 7.43. The normalized spacial score (nSPS) is 19.7. The van der Waals surface area contributed by atoms with Gasteiger partial charge in [0.15, 0.2) is 0 Å². The summed E-state index contributed by atoms with van der Waals surface area (Å²) in [6.45, 7) is 5.44. The van der Waals surface area contributed by atoms with Gasteiger partial charge in [0.1, 0.15) is 11.5 Å². The van der Waals surface area contributed by atoms with Gasteiger partial charge in [-0.15, -0.1) is 0 Å². The third-order valence-electron chi connectivity index (χ3n) is 5.73. The second-order valence-corrected chi connectivity index (χ2v) is 7.43. The summed E-state index contributed by atoms with van der Waals surface area (Å²) in [7, 11) is 0. The maximum atomic E-state index is 13.0. The lowest BCUT2D eigenvalue weighted by molar-refractivity contribution is -0.136. The molecule has 0 saturated carbocycles. The first kappa shape index (κ1) is 17.3. The van der Waals surface area contributed by atoms with Crippen LogP contribution in [0.1, 0.15) is 43.9 Å². The maximum absolute atomic E-state index is 13.0. The Bertz CT molecular complexity index is 748. The zero-order valence-electron chi connectivity index (χ0n) is 15.5. The van der Waals surface area contributed by atoms with E-state index in [9.17, 15) is 4.79 Å². The average Bonchev–Trinajstić information content (AvgIpc) is 2.92. The number of rotatable bonds is 3. The number of likely N-dealkylation sites (tertiary alicyclic amines) is 1. The highest BCUT2D eigenvalue weighted by Crippen LogP contribution is 2.30. The van der Waals surface area contributed by atoms with Gasteiger partial charge in [-0.3, -0.25) is 9.69 Å². The molecule has 0 aliphatic carbocycles. The SMILES string of the molecule is C[C@@H](C(=O)N1CCCCCC1)N1CCc2onc(-c3ccccc3)c2C1. The number of amides is 1. The summed E-state index contributed by atoms with van der Waals surface area (Å²) in [4.78, 5) is 17.3. The van der Waals surface area contributed by atoms with E-state index in [1.807, 2.05) is 25.1 Å². The van der Waals surface area contributed by atoms with Gasteiger partial charge >= 0.3 is 0 Å². The molecule has 5 nitrogen and oxygen atoms in total. The summed E-state index contributed by atoms with van der Waals surface area (Å²) in [5.74, 6) is 1.24. The molecule has 2 aromatic rings. The molecule has 1 atom stereocenters. The number of benzene rings is 1. The van der Waals surface area contributed by atoms with Crippen LogP contribution in [0.15, 0.2) is 34.9 Å². The lowest BCUT2D eigenvalue weighted by Gasteiger charge is -2.34. The van der Waals surface area contributed by atoms with E-state index < -0.39 is 0 Å². The molecule has 26 heavy (non-hydrogen) atoms. The standard InChI is InChI=1S/C21H27N3O2/c1-16(21(25)23-12-7-2-3-8-13-23)24-14-11-19-18(15-24)20(22-26-19)17-9-5-4-6-10-17/h4-6,9-10,16H,2-3,7-8,11-15H2,1H3/t16-/m0/s1. The van der Waals surface area contributed by atoms with E-state index in [0.29, 0.717) is 0 Å². The van der Waals surface area contributed by atoms with Crippen molar-refractivity contribution >= 4 is 5.91 Å². The van der Waals surface area contributed by atoms with Gasteiger partial charge in [-0.05, 0) is 19.8 Å². The molecule has 5 heteroatoms. The van der Waals surface area contributed by atoms with Gasteiger partial charge in [0.2, 0.25) is 5.91 Å². The largest absolute Gasteiger partial charge is 0.360 e. The van der Waals surface area contributed by atoms with Crippen LogP contribution in [-0.4, -0.2) is 46.5 Å². The highest BCUT2D eigenvalue weighted by atomic mass is 16.5. The van der Waals surface area contributed by atoms with Crippen molar-refractivity contribution in [3.63, 3.8) is 0 Å². The van der Waals surface area contributed by atoms with Gasteiger partial charge in [0.25, 0.3) is 0 Å². The minimum absolute atomic E-state index is 0.0974. The summed E-state index contributed by atoms with van der Waals surface area (Å²) in [5, 5.41) is 4.31. The van der Waals surface area contributed by atoms with Crippen molar-refractivity contribution in [3.05, 3.63) is 41.7 Å². The van der Waals surface area contributed by atoms with Crippen molar-refractivity contribution in [2.45, 2.75) is 51.6 Å². The van der Waals surface area contributed by atoms with Crippen molar-refractivity contribution in [1.82, 2.24) is 15.0 Å². The molecule has 1 aromatic heterocycles. The minimum Gasteiger partial charge on any atom is -0.360 e. The molecule has 2 aliphatic heterocycles. The van der Waals surface area contributed by atoms with Gasteiger partial charge in [0, 0.05) is 43.7 Å². The Morgan fingerprint density at radius 2 is 1.81 bits per heavy atom. The van der Waals surface area contributed by atoms with Gasteiger partial charge in [-0.1, -0.05) is 48.3 Å². The Labute approximate surface area is 155 Å². The number of carbonyl (C=O) groups is 1. The molecule has 138 valence electrons. The number of carbonyl (C=O) groups excluding carboxylic acids is 1. The van der Waals surface area contributed by atoms with Crippen LogP contribution < -0.4 is 0 Å².